The van der Waals surface area contributed by atoms with Crippen molar-refractivity contribution in [2.75, 3.05) is 25.1 Å². The van der Waals surface area contributed by atoms with Crippen LogP contribution >= 0.6 is 0 Å². The lowest BCUT2D eigenvalue weighted by Gasteiger charge is -2.43. The van der Waals surface area contributed by atoms with Crippen molar-refractivity contribution in [3.8, 4) is 0 Å². The lowest BCUT2D eigenvalue weighted by atomic mass is 9.90. The number of nitrogens with zero attached hydrogens (tertiary/aromatic N) is 2. The molecule has 1 aromatic heterocycles. The van der Waals surface area contributed by atoms with Crippen molar-refractivity contribution in [1.82, 2.24) is 9.88 Å². The molecule has 1 aromatic carbocycles. The van der Waals surface area contributed by atoms with Crippen molar-refractivity contribution in [2.45, 2.75) is 71.8 Å². The predicted octanol–water partition coefficient (Wildman–Crippen LogP) is 6.48. The predicted molar refractivity (Wildman–Crippen MR) is 173 cm³/mol. The third-order valence-corrected chi connectivity index (χ3v) is 7.89. The van der Waals surface area contributed by atoms with Crippen LogP contribution in [0.15, 0.2) is 78.4 Å². The molecule has 2 aromatic rings. The van der Waals surface area contributed by atoms with Gasteiger partial charge in [-0.2, -0.15) is 0 Å². The molecular weight excluding hydrogens is 556 g/mol. The number of hydrogen-bond acceptors (Lipinski definition) is 8. The number of benzene rings is 1. The van der Waals surface area contributed by atoms with Gasteiger partial charge in [-0.25, -0.2) is 9.78 Å². The van der Waals surface area contributed by atoms with Gasteiger partial charge >= 0.3 is 5.97 Å². The van der Waals surface area contributed by atoms with Gasteiger partial charge < -0.3 is 30.0 Å². The van der Waals surface area contributed by atoms with E-state index in [9.17, 15) is 9.90 Å². The monoisotopic (exact) mass is 600 g/mol. The Balaban J connectivity index is 1.51. The second-order valence-corrected chi connectivity index (χ2v) is 11.8. The molecule has 2 aliphatic rings. The highest BCUT2D eigenvalue weighted by atomic mass is 16.5. The summed E-state index contributed by atoms with van der Waals surface area (Å²) in [6, 6.07) is 12.4. The van der Waals surface area contributed by atoms with E-state index in [1.165, 1.54) is 11.1 Å². The molecule has 4 rings (SSSR count). The fraction of sp³-hybridized carbons (Fsp3) is 0.400. The molecule has 1 atom stereocenters. The maximum absolute atomic E-state index is 11.6. The summed E-state index contributed by atoms with van der Waals surface area (Å²) < 4.78 is 17.8. The molecule has 0 aliphatic carbocycles. The van der Waals surface area contributed by atoms with Crippen molar-refractivity contribution in [3.63, 3.8) is 0 Å². The van der Waals surface area contributed by atoms with Gasteiger partial charge in [0.25, 0.3) is 0 Å². The van der Waals surface area contributed by atoms with Gasteiger partial charge in [0.2, 0.25) is 5.88 Å². The highest BCUT2D eigenvalue weighted by Crippen LogP contribution is 2.32. The highest BCUT2D eigenvalue weighted by molar-refractivity contribution is 6.08. The molecule has 234 valence electrons. The van der Waals surface area contributed by atoms with Crippen molar-refractivity contribution in [2.24, 2.45) is 0 Å². The maximum Gasteiger partial charge on any atom is 0.342 e. The molecule has 1 unspecified atom stereocenters. The topological polar surface area (TPSA) is 117 Å². The van der Waals surface area contributed by atoms with Crippen LogP contribution in [0.5, 0.6) is 0 Å². The quantitative estimate of drug-likeness (QED) is 0.104. The number of aliphatic carboxylic acids is 1. The fourth-order valence-corrected chi connectivity index (χ4v) is 5.76. The number of fused-ring (bicyclic) bond motifs is 1. The Hall–Kier alpha value is -4.21. The van der Waals surface area contributed by atoms with E-state index in [0.717, 1.165) is 56.3 Å². The Morgan fingerprint density at radius 1 is 1.27 bits per heavy atom. The van der Waals surface area contributed by atoms with Crippen LogP contribution in [-0.2, 0) is 38.6 Å². The smallest absolute Gasteiger partial charge is 0.342 e. The Morgan fingerprint density at radius 3 is 2.73 bits per heavy atom. The maximum atomic E-state index is 11.6. The van der Waals surface area contributed by atoms with E-state index in [-0.39, 0.29) is 23.7 Å². The third kappa shape index (κ3) is 8.03. The number of carbonyl (C=O) groups is 1. The highest BCUT2D eigenvalue weighted by Gasteiger charge is 2.33. The van der Waals surface area contributed by atoms with Crippen LogP contribution in [0.1, 0.15) is 62.9 Å². The summed E-state index contributed by atoms with van der Waals surface area (Å²) in [7, 11) is 0. The Labute approximate surface area is 260 Å². The molecule has 1 fully saturated rings. The molecule has 0 bridgehead atoms. The SMILES string of the molecule is C=C/C(=C(/OCc1ccc2c(c1)CCN(C1CCOC(C)(C)C1)C2)C(=C)C)c1cccc(N/C(OCC)=C(\C=N)C(=O)O)n1. The van der Waals surface area contributed by atoms with Crippen LogP contribution < -0.4 is 5.32 Å². The minimum atomic E-state index is -1.28. The summed E-state index contributed by atoms with van der Waals surface area (Å²) in [5, 5.41) is 19.8. The molecular formula is C35H44N4O5. The molecule has 2 aliphatic heterocycles. The summed E-state index contributed by atoms with van der Waals surface area (Å²) in [6.45, 7) is 19.5. The van der Waals surface area contributed by atoms with Gasteiger partial charge in [0.15, 0.2) is 0 Å². The molecule has 0 saturated carbocycles. The van der Waals surface area contributed by atoms with Gasteiger partial charge in [-0.1, -0.05) is 43.5 Å². The minimum Gasteiger partial charge on any atom is -0.488 e. The van der Waals surface area contributed by atoms with Crippen molar-refractivity contribution in [1.29, 1.82) is 5.41 Å². The molecule has 44 heavy (non-hydrogen) atoms. The number of aromatic nitrogens is 1. The van der Waals surface area contributed by atoms with Gasteiger partial charge in [-0.15, -0.1) is 0 Å². The molecule has 0 radical (unpaired) electrons. The summed E-state index contributed by atoms with van der Waals surface area (Å²) >= 11 is 0. The van der Waals surface area contributed by atoms with Gasteiger partial charge in [0, 0.05) is 37.5 Å². The average Bonchev–Trinajstić information content (AvgIpc) is 2.98. The molecule has 1 saturated heterocycles. The van der Waals surface area contributed by atoms with E-state index in [1.807, 2.05) is 13.0 Å². The van der Waals surface area contributed by atoms with Gasteiger partial charge in [-0.3, -0.25) is 4.90 Å². The van der Waals surface area contributed by atoms with Crippen LogP contribution in [0.4, 0.5) is 5.82 Å². The first-order valence-corrected chi connectivity index (χ1v) is 15.0. The number of rotatable bonds is 13. The van der Waals surface area contributed by atoms with Crippen LogP contribution in [0.25, 0.3) is 5.57 Å². The molecule has 9 nitrogen and oxygen atoms in total. The third-order valence-electron chi connectivity index (χ3n) is 7.89. The summed E-state index contributed by atoms with van der Waals surface area (Å²) in [4.78, 5) is 18.9. The van der Waals surface area contributed by atoms with E-state index >= 15 is 0 Å². The average molecular weight is 601 g/mol. The Morgan fingerprint density at radius 2 is 2.07 bits per heavy atom. The van der Waals surface area contributed by atoms with Crippen molar-refractivity contribution < 1.29 is 24.1 Å². The van der Waals surface area contributed by atoms with Crippen molar-refractivity contribution >= 4 is 23.6 Å². The van der Waals surface area contributed by atoms with E-state index in [4.69, 9.17) is 19.6 Å². The zero-order valence-corrected chi connectivity index (χ0v) is 26.2. The Kier molecular flexibility index (Phi) is 10.8. The number of anilines is 1. The Bertz CT molecular complexity index is 1480. The summed E-state index contributed by atoms with van der Waals surface area (Å²) in [5.41, 5.74) is 5.38. The molecule has 0 spiro atoms. The fourth-order valence-electron chi connectivity index (χ4n) is 5.76. The van der Waals surface area contributed by atoms with E-state index in [0.29, 0.717) is 35.5 Å². The zero-order valence-electron chi connectivity index (χ0n) is 26.2. The first kappa shape index (κ1) is 32.7. The largest absolute Gasteiger partial charge is 0.488 e. The van der Waals surface area contributed by atoms with Crippen LogP contribution in [-0.4, -0.2) is 58.6 Å². The first-order valence-electron chi connectivity index (χ1n) is 15.0. The van der Waals surface area contributed by atoms with Gasteiger partial charge in [0.1, 0.15) is 23.8 Å². The number of ether oxygens (including phenoxy) is 3. The lowest BCUT2D eigenvalue weighted by molar-refractivity contribution is -0.132. The molecule has 3 N–H and O–H groups in total. The van der Waals surface area contributed by atoms with E-state index in [2.05, 4.69) is 60.4 Å². The van der Waals surface area contributed by atoms with E-state index in [1.54, 1.807) is 25.1 Å². The first-order chi connectivity index (χ1) is 21.0. The summed E-state index contributed by atoms with van der Waals surface area (Å²) in [5.74, 6) is -0.422. The lowest BCUT2D eigenvalue weighted by Crippen LogP contribution is -2.47. The number of nitrogens with one attached hydrogen (secondary N) is 2. The second-order valence-electron chi connectivity index (χ2n) is 11.8. The molecule has 0 amide bonds. The van der Waals surface area contributed by atoms with Gasteiger partial charge in [-0.05, 0) is 81.4 Å². The molecule has 9 heteroatoms. The summed E-state index contributed by atoms with van der Waals surface area (Å²) in [6.07, 6.45) is 5.55. The molecule has 3 heterocycles. The normalized spacial score (nSPS) is 19.0. The number of carboxylic acids is 1. The number of hydrogen-bond donors (Lipinski definition) is 3. The zero-order chi connectivity index (χ0) is 31.9. The van der Waals surface area contributed by atoms with Crippen LogP contribution in [0.3, 0.4) is 0 Å². The van der Waals surface area contributed by atoms with Crippen LogP contribution in [0, 0.1) is 5.41 Å². The number of allylic oxidation sites excluding steroid dienone is 3. The van der Waals surface area contributed by atoms with Crippen molar-refractivity contribution in [3.05, 3.63) is 101 Å². The number of carboxylic acid groups (broad SMARTS) is 1. The standard InChI is InChI=1S/C35H44N4O5/c1-7-28(30-10-9-11-31(37-30)38-33(42-8-2)29(20-36)34(40)41)32(23(3)4)43-22-24-12-13-26-21-39(16-14-25(26)18-24)27-15-17-44-35(5,6)19-27/h7,9-13,18,20,27,36H,1,3,8,14-17,19,21-22H2,2,4-6H3,(H,37,38)(H,40,41)/b32-28-,33-29-,36-20?. The minimum absolute atomic E-state index is 0.0627. The van der Waals surface area contributed by atoms with E-state index < -0.39 is 5.97 Å². The van der Waals surface area contributed by atoms with Crippen LogP contribution in [0.2, 0.25) is 0 Å². The number of pyridine rings is 1. The second kappa shape index (κ2) is 14.5. The van der Waals surface area contributed by atoms with Gasteiger partial charge in [0.05, 0.1) is 17.9 Å².